The maximum absolute atomic E-state index is 3.62. The van der Waals surface area contributed by atoms with E-state index in [0.29, 0.717) is 6.04 Å². The van der Waals surface area contributed by atoms with E-state index in [2.05, 4.69) is 39.6 Å². The van der Waals surface area contributed by atoms with Gasteiger partial charge in [-0.1, -0.05) is 18.2 Å². The molecular weight excluding hydrogens is 234 g/mol. The van der Waals surface area contributed by atoms with Gasteiger partial charge in [0.05, 0.1) is 5.52 Å². The molecule has 0 bridgehead atoms. The van der Waals surface area contributed by atoms with Crippen molar-refractivity contribution >= 4 is 10.9 Å². The summed E-state index contributed by atoms with van der Waals surface area (Å²) in [5.41, 5.74) is 4.54. The molecule has 1 fully saturated rings. The lowest BCUT2D eigenvalue weighted by Crippen LogP contribution is -2.49. The Balaban J connectivity index is 1.72. The molecule has 2 aromatic rings. The largest absolute Gasteiger partial charge is 0.347 e. The second-order valence-electron chi connectivity index (χ2n) is 5.82. The van der Waals surface area contributed by atoms with Gasteiger partial charge in [-0.3, -0.25) is 0 Å². The van der Waals surface area contributed by atoms with Crippen LogP contribution in [-0.4, -0.2) is 30.2 Å². The Kier molecular flexibility index (Phi) is 2.82. The molecule has 0 radical (unpaired) electrons. The van der Waals surface area contributed by atoms with Crippen molar-refractivity contribution in [2.45, 2.75) is 31.8 Å². The summed E-state index contributed by atoms with van der Waals surface area (Å²) < 4.78 is 2.47. The average Bonchev–Trinajstić information content (AvgIpc) is 2.81. The first-order valence-electron chi connectivity index (χ1n) is 7.45. The van der Waals surface area contributed by atoms with Crippen LogP contribution in [0.3, 0.4) is 0 Å². The number of hydrogen-bond donors (Lipinski definition) is 2. The fourth-order valence-electron chi connectivity index (χ4n) is 3.62. The van der Waals surface area contributed by atoms with Crippen LogP contribution in [0.15, 0.2) is 24.4 Å². The molecular formula is C16H21N3. The number of nitrogens with one attached hydrogen (secondary N) is 2. The van der Waals surface area contributed by atoms with Crippen LogP contribution < -0.4 is 10.6 Å². The summed E-state index contributed by atoms with van der Waals surface area (Å²) in [6.07, 6.45) is 6.05. The minimum atomic E-state index is 0.581. The van der Waals surface area contributed by atoms with Crippen molar-refractivity contribution in [2.24, 2.45) is 0 Å². The maximum atomic E-state index is 3.62. The first-order chi connectivity index (χ1) is 9.42. The lowest BCUT2D eigenvalue weighted by Gasteiger charge is -2.24. The first kappa shape index (κ1) is 11.5. The molecule has 0 saturated carbocycles. The van der Waals surface area contributed by atoms with Crippen molar-refractivity contribution in [1.29, 1.82) is 0 Å². The lowest BCUT2D eigenvalue weighted by atomic mass is 10.00. The third-order valence-electron chi connectivity index (χ3n) is 4.50. The molecule has 1 saturated heterocycles. The molecule has 1 unspecified atom stereocenters. The van der Waals surface area contributed by atoms with Crippen molar-refractivity contribution in [3.8, 4) is 0 Å². The SMILES string of the molecule is c1cc2c3c(c1)c(CC1CNCCN1)cn3CCC2. The number of benzene rings is 1. The van der Waals surface area contributed by atoms with Crippen molar-refractivity contribution in [3.05, 3.63) is 35.5 Å². The highest BCUT2D eigenvalue weighted by Gasteiger charge is 2.19. The van der Waals surface area contributed by atoms with Gasteiger partial charge >= 0.3 is 0 Å². The Morgan fingerprint density at radius 1 is 1.26 bits per heavy atom. The Morgan fingerprint density at radius 3 is 3.16 bits per heavy atom. The summed E-state index contributed by atoms with van der Waals surface area (Å²) in [7, 11) is 0. The third-order valence-corrected chi connectivity index (χ3v) is 4.50. The quantitative estimate of drug-likeness (QED) is 0.855. The lowest BCUT2D eigenvalue weighted by molar-refractivity contribution is 0.417. The molecule has 0 amide bonds. The van der Waals surface area contributed by atoms with E-state index in [-0.39, 0.29) is 0 Å². The summed E-state index contributed by atoms with van der Waals surface area (Å²) in [5, 5.41) is 8.57. The predicted octanol–water partition coefficient (Wildman–Crippen LogP) is 1.69. The second-order valence-corrected chi connectivity index (χ2v) is 5.82. The van der Waals surface area contributed by atoms with Gasteiger partial charge in [-0.2, -0.15) is 0 Å². The third kappa shape index (κ3) is 1.97. The minimum absolute atomic E-state index is 0.581. The van der Waals surface area contributed by atoms with Gasteiger partial charge in [0.1, 0.15) is 0 Å². The zero-order valence-corrected chi connectivity index (χ0v) is 11.3. The highest BCUT2D eigenvalue weighted by molar-refractivity contribution is 5.87. The van der Waals surface area contributed by atoms with Crippen molar-refractivity contribution in [2.75, 3.05) is 19.6 Å². The molecule has 1 atom stereocenters. The molecule has 0 aliphatic carbocycles. The van der Waals surface area contributed by atoms with Crippen LogP contribution in [0.5, 0.6) is 0 Å². The Morgan fingerprint density at radius 2 is 2.26 bits per heavy atom. The molecule has 2 aliphatic rings. The number of rotatable bonds is 2. The summed E-state index contributed by atoms with van der Waals surface area (Å²) in [6, 6.07) is 7.40. The van der Waals surface area contributed by atoms with Crippen LogP contribution in [0.4, 0.5) is 0 Å². The van der Waals surface area contributed by atoms with Crippen LogP contribution >= 0.6 is 0 Å². The number of aromatic nitrogens is 1. The maximum Gasteiger partial charge on any atom is 0.0515 e. The Labute approximate surface area is 114 Å². The number of hydrogen-bond acceptors (Lipinski definition) is 2. The summed E-state index contributed by atoms with van der Waals surface area (Å²) in [5.74, 6) is 0. The number of piperazine rings is 1. The predicted molar refractivity (Wildman–Crippen MR) is 78.6 cm³/mol. The molecule has 1 aromatic heterocycles. The van der Waals surface area contributed by atoms with Crippen molar-refractivity contribution < 1.29 is 0 Å². The zero-order chi connectivity index (χ0) is 12.7. The summed E-state index contributed by atoms with van der Waals surface area (Å²) >= 11 is 0. The van der Waals surface area contributed by atoms with E-state index in [4.69, 9.17) is 0 Å². The van der Waals surface area contributed by atoms with Gasteiger partial charge in [-0.05, 0) is 30.4 Å². The summed E-state index contributed by atoms with van der Waals surface area (Å²) in [4.78, 5) is 0. The van der Waals surface area contributed by atoms with E-state index in [9.17, 15) is 0 Å². The Bertz CT molecular complexity index is 593. The Hall–Kier alpha value is -1.32. The molecule has 0 spiro atoms. The molecule has 19 heavy (non-hydrogen) atoms. The topological polar surface area (TPSA) is 29.0 Å². The van der Waals surface area contributed by atoms with Gasteiger partial charge in [0, 0.05) is 43.8 Å². The van der Waals surface area contributed by atoms with E-state index in [1.165, 1.54) is 41.4 Å². The second kappa shape index (κ2) is 4.66. The van der Waals surface area contributed by atoms with E-state index >= 15 is 0 Å². The normalized spacial score (nSPS) is 22.8. The molecule has 4 rings (SSSR count). The van der Waals surface area contributed by atoms with Gasteiger partial charge in [0.15, 0.2) is 0 Å². The highest BCUT2D eigenvalue weighted by atomic mass is 15.1. The number of para-hydroxylation sites is 1. The van der Waals surface area contributed by atoms with Crippen LogP contribution in [0.25, 0.3) is 10.9 Å². The average molecular weight is 255 g/mol. The van der Waals surface area contributed by atoms with Crippen LogP contribution in [0.1, 0.15) is 17.5 Å². The molecule has 1 aromatic carbocycles. The highest BCUT2D eigenvalue weighted by Crippen LogP contribution is 2.30. The smallest absolute Gasteiger partial charge is 0.0515 e. The fourth-order valence-corrected chi connectivity index (χ4v) is 3.62. The molecule has 2 aliphatic heterocycles. The van der Waals surface area contributed by atoms with E-state index < -0.39 is 0 Å². The first-order valence-corrected chi connectivity index (χ1v) is 7.45. The monoisotopic (exact) mass is 255 g/mol. The van der Waals surface area contributed by atoms with Gasteiger partial charge < -0.3 is 15.2 Å². The van der Waals surface area contributed by atoms with E-state index in [1.807, 2.05) is 0 Å². The zero-order valence-electron chi connectivity index (χ0n) is 11.3. The minimum Gasteiger partial charge on any atom is -0.347 e. The molecule has 2 N–H and O–H groups in total. The van der Waals surface area contributed by atoms with Crippen LogP contribution in [-0.2, 0) is 19.4 Å². The number of aryl methyl sites for hydroxylation is 2. The molecule has 3 heteroatoms. The standard InChI is InChI=1S/C16H21N3/c1-3-12-4-2-8-19-11-13(15(5-1)16(12)19)9-14-10-17-6-7-18-14/h1,3,5,11,14,17-18H,2,4,6-10H2. The van der Waals surface area contributed by atoms with Crippen LogP contribution in [0, 0.1) is 0 Å². The molecule has 3 heterocycles. The van der Waals surface area contributed by atoms with Gasteiger partial charge in [-0.15, -0.1) is 0 Å². The fraction of sp³-hybridized carbons (Fsp3) is 0.500. The van der Waals surface area contributed by atoms with Crippen molar-refractivity contribution in [1.82, 2.24) is 15.2 Å². The van der Waals surface area contributed by atoms with Gasteiger partial charge in [-0.25, -0.2) is 0 Å². The van der Waals surface area contributed by atoms with E-state index in [1.54, 1.807) is 0 Å². The summed E-state index contributed by atoms with van der Waals surface area (Å²) in [6.45, 7) is 4.47. The van der Waals surface area contributed by atoms with Gasteiger partial charge in [0.2, 0.25) is 0 Å². The van der Waals surface area contributed by atoms with Crippen LogP contribution in [0.2, 0.25) is 0 Å². The van der Waals surface area contributed by atoms with Gasteiger partial charge in [0.25, 0.3) is 0 Å². The molecule has 100 valence electrons. The van der Waals surface area contributed by atoms with E-state index in [0.717, 1.165) is 26.1 Å². The molecule has 3 nitrogen and oxygen atoms in total. The number of nitrogens with zero attached hydrogens (tertiary/aromatic N) is 1. The van der Waals surface area contributed by atoms with Crippen molar-refractivity contribution in [3.63, 3.8) is 0 Å².